The highest BCUT2D eigenvalue weighted by atomic mass is 16.5. The molecule has 0 saturated carbocycles. The molecule has 1 aliphatic heterocycles. The first kappa shape index (κ1) is 8.97. The van der Waals surface area contributed by atoms with Crippen LogP contribution in [0.2, 0.25) is 0 Å². The highest BCUT2D eigenvalue weighted by Gasteiger charge is 2.22. The molecule has 0 spiro atoms. The largest absolute Gasteiger partial charge is 0.366 e. The summed E-state index contributed by atoms with van der Waals surface area (Å²) in [5, 5.41) is 3.14. The fraction of sp³-hybridized carbons (Fsp3) is 1.00. The lowest BCUT2D eigenvalue weighted by atomic mass is 10.4. The summed E-state index contributed by atoms with van der Waals surface area (Å²) in [6.45, 7) is 3.36. The van der Waals surface area contributed by atoms with Crippen LogP contribution in [-0.4, -0.2) is 44.9 Å². The fourth-order valence-corrected chi connectivity index (χ4v) is 1.57. The molecule has 0 aromatic rings. The molecule has 1 rings (SSSR count). The SMILES string of the molecule is CNCCN1CCC[C@H]1OC. The van der Waals surface area contributed by atoms with Crippen molar-refractivity contribution in [2.24, 2.45) is 0 Å². The van der Waals surface area contributed by atoms with Gasteiger partial charge in [-0.25, -0.2) is 0 Å². The number of hydrogen-bond acceptors (Lipinski definition) is 3. The van der Waals surface area contributed by atoms with Crippen LogP contribution in [0.1, 0.15) is 12.8 Å². The molecule has 0 amide bonds. The Bertz CT molecular complexity index is 108. The van der Waals surface area contributed by atoms with E-state index >= 15 is 0 Å². The summed E-state index contributed by atoms with van der Waals surface area (Å²) in [5.41, 5.74) is 0. The van der Waals surface area contributed by atoms with E-state index in [1.807, 2.05) is 7.05 Å². The van der Waals surface area contributed by atoms with Gasteiger partial charge in [-0.2, -0.15) is 0 Å². The first-order valence-corrected chi connectivity index (χ1v) is 4.30. The highest BCUT2D eigenvalue weighted by Crippen LogP contribution is 2.16. The maximum absolute atomic E-state index is 5.32. The van der Waals surface area contributed by atoms with Crippen LogP contribution in [-0.2, 0) is 4.74 Å². The third-order valence-corrected chi connectivity index (χ3v) is 2.22. The van der Waals surface area contributed by atoms with Crippen LogP contribution in [0, 0.1) is 0 Å². The van der Waals surface area contributed by atoms with Crippen molar-refractivity contribution in [1.29, 1.82) is 0 Å². The number of rotatable bonds is 4. The van der Waals surface area contributed by atoms with Crippen molar-refractivity contribution in [3.05, 3.63) is 0 Å². The number of likely N-dealkylation sites (tertiary alicyclic amines) is 1. The van der Waals surface area contributed by atoms with Crippen molar-refractivity contribution < 1.29 is 4.74 Å². The Hall–Kier alpha value is -0.120. The van der Waals surface area contributed by atoms with Gasteiger partial charge in [-0.1, -0.05) is 0 Å². The lowest BCUT2D eigenvalue weighted by Gasteiger charge is -2.22. The molecule has 0 bridgehead atoms. The minimum Gasteiger partial charge on any atom is -0.366 e. The third kappa shape index (κ3) is 2.43. The number of likely N-dealkylation sites (N-methyl/N-ethyl adjacent to an activating group) is 1. The minimum absolute atomic E-state index is 0.378. The van der Waals surface area contributed by atoms with Gasteiger partial charge in [0.2, 0.25) is 0 Å². The van der Waals surface area contributed by atoms with Crippen molar-refractivity contribution >= 4 is 0 Å². The normalized spacial score (nSPS) is 26.2. The van der Waals surface area contributed by atoms with Crippen LogP contribution in [0.25, 0.3) is 0 Å². The first-order valence-electron chi connectivity index (χ1n) is 4.30. The van der Waals surface area contributed by atoms with E-state index in [2.05, 4.69) is 10.2 Å². The average Bonchev–Trinajstić information content (AvgIpc) is 2.47. The monoisotopic (exact) mass is 158 g/mol. The van der Waals surface area contributed by atoms with E-state index in [1.54, 1.807) is 7.11 Å². The molecule has 3 heteroatoms. The number of nitrogens with one attached hydrogen (secondary N) is 1. The van der Waals surface area contributed by atoms with Crippen LogP contribution in [0.4, 0.5) is 0 Å². The van der Waals surface area contributed by atoms with Crippen LogP contribution in [0.5, 0.6) is 0 Å². The zero-order valence-corrected chi connectivity index (χ0v) is 7.47. The first-order chi connectivity index (χ1) is 5.38. The second-order valence-electron chi connectivity index (χ2n) is 2.97. The summed E-state index contributed by atoms with van der Waals surface area (Å²) in [7, 11) is 3.78. The maximum Gasteiger partial charge on any atom is 0.110 e. The molecule has 1 saturated heterocycles. The molecule has 0 aromatic carbocycles. The van der Waals surface area contributed by atoms with E-state index in [1.165, 1.54) is 19.4 Å². The molecule has 1 fully saturated rings. The van der Waals surface area contributed by atoms with Crippen LogP contribution >= 0.6 is 0 Å². The molecule has 0 aromatic heterocycles. The number of hydrogen-bond donors (Lipinski definition) is 1. The van der Waals surface area contributed by atoms with Crippen molar-refractivity contribution in [2.45, 2.75) is 19.1 Å². The predicted molar refractivity (Wildman–Crippen MR) is 45.5 cm³/mol. The van der Waals surface area contributed by atoms with E-state index in [-0.39, 0.29) is 0 Å². The quantitative estimate of drug-likeness (QED) is 0.636. The number of nitrogens with zero attached hydrogens (tertiary/aromatic N) is 1. The van der Waals surface area contributed by atoms with E-state index in [4.69, 9.17) is 4.74 Å². The summed E-state index contributed by atoms with van der Waals surface area (Å²) in [6.07, 6.45) is 2.85. The van der Waals surface area contributed by atoms with Gasteiger partial charge < -0.3 is 10.1 Å². The van der Waals surface area contributed by atoms with Gasteiger partial charge in [0.15, 0.2) is 0 Å². The maximum atomic E-state index is 5.32. The number of methoxy groups -OCH3 is 1. The molecular weight excluding hydrogens is 140 g/mol. The van der Waals surface area contributed by atoms with Crippen molar-refractivity contribution in [1.82, 2.24) is 10.2 Å². The Morgan fingerprint density at radius 2 is 2.45 bits per heavy atom. The zero-order chi connectivity index (χ0) is 8.10. The minimum atomic E-state index is 0.378. The van der Waals surface area contributed by atoms with E-state index in [0.29, 0.717) is 6.23 Å². The van der Waals surface area contributed by atoms with Gasteiger partial charge in [0.25, 0.3) is 0 Å². The summed E-state index contributed by atoms with van der Waals surface area (Å²) < 4.78 is 5.32. The van der Waals surface area contributed by atoms with Gasteiger partial charge in [-0.05, 0) is 19.9 Å². The molecule has 66 valence electrons. The third-order valence-electron chi connectivity index (χ3n) is 2.22. The van der Waals surface area contributed by atoms with Gasteiger partial charge in [-0.3, -0.25) is 4.90 Å². The predicted octanol–water partition coefficient (Wildman–Crippen LogP) is 0.274. The van der Waals surface area contributed by atoms with Gasteiger partial charge in [0.1, 0.15) is 6.23 Å². The van der Waals surface area contributed by atoms with Crippen LogP contribution in [0.3, 0.4) is 0 Å². The fourth-order valence-electron chi connectivity index (χ4n) is 1.57. The van der Waals surface area contributed by atoms with Gasteiger partial charge in [-0.15, -0.1) is 0 Å². The standard InChI is InChI=1S/C8H18N2O/c1-9-5-7-10-6-3-4-8(10)11-2/h8-9H,3-7H2,1-2H3/t8-/m1/s1. The second-order valence-corrected chi connectivity index (χ2v) is 2.97. The molecule has 3 nitrogen and oxygen atoms in total. The Balaban J connectivity index is 2.20. The van der Waals surface area contributed by atoms with Crippen molar-refractivity contribution in [3.8, 4) is 0 Å². The second kappa shape index (κ2) is 4.70. The van der Waals surface area contributed by atoms with E-state index in [0.717, 1.165) is 13.1 Å². The van der Waals surface area contributed by atoms with Crippen molar-refractivity contribution in [2.75, 3.05) is 33.8 Å². The molecule has 1 heterocycles. The Labute approximate surface area is 68.7 Å². The summed E-state index contributed by atoms with van der Waals surface area (Å²) in [4.78, 5) is 2.39. The van der Waals surface area contributed by atoms with Crippen LogP contribution in [0.15, 0.2) is 0 Å². The Morgan fingerprint density at radius 3 is 3.09 bits per heavy atom. The molecule has 1 atom stereocenters. The van der Waals surface area contributed by atoms with Gasteiger partial charge in [0.05, 0.1) is 0 Å². The molecule has 11 heavy (non-hydrogen) atoms. The van der Waals surface area contributed by atoms with E-state index < -0.39 is 0 Å². The van der Waals surface area contributed by atoms with Crippen LogP contribution < -0.4 is 5.32 Å². The summed E-state index contributed by atoms with van der Waals surface area (Å²) in [6, 6.07) is 0. The highest BCUT2D eigenvalue weighted by molar-refractivity contribution is 4.71. The van der Waals surface area contributed by atoms with Crippen molar-refractivity contribution in [3.63, 3.8) is 0 Å². The summed E-state index contributed by atoms with van der Waals surface area (Å²) in [5.74, 6) is 0. The number of ether oxygens (including phenoxy) is 1. The van der Waals surface area contributed by atoms with Gasteiger partial charge >= 0.3 is 0 Å². The molecular formula is C8H18N2O. The lowest BCUT2D eigenvalue weighted by Crippen LogP contribution is -2.35. The molecule has 0 unspecified atom stereocenters. The molecule has 1 N–H and O–H groups in total. The van der Waals surface area contributed by atoms with E-state index in [9.17, 15) is 0 Å². The molecule has 0 radical (unpaired) electrons. The Morgan fingerprint density at radius 1 is 1.64 bits per heavy atom. The summed E-state index contributed by atoms with van der Waals surface area (Å²) >= 11 is 0. The zero-order valence-electron chi connectivity index (χ0n) is 7.47. The van der Waals surface area contributed by atoms with Gasteiger partial charge in [0, 0.05) is 26.7 Å². The molecule has 0 aliphatic carbocycles. The Kier molecular flexibility index (Phi) is 3.83. The molecule has 1 aliphatic rings. The average molecular weight is 158 g/mol. The smallest absolute Gasteiger partial charge is 0.110 e. The lowest BCUT2D eigenvalue weighted by molar-refractivity contribution is -0.00268. The topological polar surface area (TPSA) is 24.5 Å².